The topological polar surface area (TPSA) is 43.4 Å². The van der Waals surface area contributed by atoms with E-state index in [1.807, 2.05) is 0 Å². The third kappa shape index (κ3) is 2.47. The van der Waals surface area contributed by atoms with Gasteiger partial charge in [0.25, 0.3) is 0 Å². The largest absolute Gasteiger partial charge is 0.469 e. The fraction of sp³-hybridized carbons (Fsp3) is 0.385. The van der Waals surface area contributed by atoms with Crippen molar-refractivity contribution in [3.05, 3.63) is 34.9 Å². The number of ether oxygens (including phenoxy) is 1. The standard InChI is InChI=1S/C13H11F3O3/c1-19-12(18)7-5-9-8(11(17)6-7)3-2-4-10(9)13(14,15)16/h2-4,7H,5-6H2,1H3. The first kappa shape index (κ1) is 13.6. The molecule has 102 valence electrons. The monoisotopic (exact) mass is 272 g/mol. The minimum Gasteiger partial charge on any atom is -0.469 e. The van der Waals surface area contributed by atoms with E-state index in [1.54, 1.807) is 0 Å². The van der Waals surface area contributed by atoms with Crippen LogP contribution in [0.3, 0.4) is 0 Å². The fourth-order valence-corrected chi connectivity index (χ4v) is 2.32. The van der Waals surface area contributed by atoms with Crippen molar-refractivity contribution in [3.63, 3.8) is 0 Å². The first-order chi connectivity index (χ1) is 8.84. The third-order valence-electron chi connectivity index (χ3n) is 3.20. The van der Waals surface area contributed by atoms with Crippen molar-refractivity contribution in [2.24, 2.45) is 5.92 Å². The van der Waals surface area contributed by atoms with E-state index < -0.39 is 29.4 Å². The summed E-state index contributed by atoms with van der Waals surface area (Å²) in [6.45, 7) is 0. The van der Waals surface area contributed by atoms with Crippen molar-refractivity contribution in [2.75, 3.05) is 7.11 Å². The van der Waals surface area contributed by atoms with Gasteiger partial charge in [0.2, 0.25) is 0 Å². The third-order valence-corrected chi connectivity index (χ3v) is 3.20. The number of benzene rings is 1. The second kappa shape index (κ2) is 4.68. The van der Waals surface area contributed by atoms with Gasteiger partial charge in [0.15, 0.2) is 5.78 Å². The molecule has 0 heterocycles. The minimum absolute atomic E-state index is 0.0509. The van der Waals surface area contributed by atoms with Crippen molar-refractivity contribution in [3.8, 4) is 0 Å². The Labute approximate surface area is 107 Å². The molecule has 0 saturated heterocycles. The van der Waals surface area contributed by atoms with E-state index in [4.69, 9.17) is 0 Å². The first-order valence-corrected chi connectivity index (χ1v) is 5.64. The van der Waals surface area contributed by atoms with Gasteiger partial charge in [-0.15, -0.1) is 0 Å². The zero-order valence-corrected chi connectivity index (χ0v) is 10.1. The Morgan fingerprint density at radius 3 is 2.58 bits per heavy atom. The summed E-state index contributed by atoms with van der Waals surface area (Å²) in [7, 11) is 1.15. The Kier molecular flexibility index (Phi) is 3.34. The summed E-state index contributed by atoms with van der Waals surface area (Å²) in [5.41, 5.74) is -0.913. The Hall–Kier alpha value is -1.85. The number of esters is 1. The highest BCUT2D eigenvalue weighted by Gasteiger charge is 2.39. The second-order valence-corrected chi connectivity index (χ2v) is 4.38. The van der Waals surface area contributed by atoms with Gasteiger partial charge in [-0.2, -0.15) is 13.2 Å². The molecule has 0 spiro atoms. The van der Waals surface area contributed by atoms with E-state index in [0.717, 1.165) is 13.2 Å². The fourth-order valence-electron chi connectivity index (χ4n) is 2.32. The van der Waals surface area contributed by atoms with Gasteiger partial charge in [-0.3, -0.25) is 9.59 Å². The highest BCUT2D eigenvalue weighted by Crippen LogP contribution is 2.37. The molecule has 3 nitrogen and oxygen atoms in total. The average Bonchev–Trinajstić information content (AvgIpc) is 2.35. The van der Waals surface area contributed by atoms with Gasteiger partial charge >= 0.3 is 12.1 Å². The number of Topliss-reactive ketones (excluding diaryl/α,β-unsaturated/α-hetero) is 1. The number of halogens is 3. The molecule has 0 amide bonds. The maximum absolute atomic E-state index is 12.9. The number of ketones is 1. The number of carbonyl (C=O) groups is 2. The van der Waals surface area contributed by atoms with Crippen LogP contribution >= 0.6 is 0 Å². The first-order valence-electron chi connectivity index (χ1n) is 5.64. The molecular formula is C13H11F3O3. The molecule has 0 aliphatic heterocycles. The van der Waals surface area contributed by atoms with Crippen molar-refractivity contribution in [2.45, 2.75) is 19.0 Å². The highest BCUT2D eigenvalue weighted by molar-refractivity contribution is 6.01. The van der Waals surface area contributed by atoms with Crippen LogP contribution in [0.2, 0.25) is 0 Å². The van der Waals surface area contributed by atoms with E-state index in [9.17, 15) is 22.8 Å². The molecule has 0 saturated carbocycles. The number of alkyl halides is 3. The quantitative estimate of drug-likeness (QED) is 0.738. The van der Waals surface area contributed by atoms with E-state index >= 15 is 0 Å². The summed E-state index contributed by atoms with van der Waals surface area (Å²) in [6.07, 6.45) is -4.77. The number of hydrogen-bond acceptors (Lipinski definition) is 3. The van der Waals surface area contributed by atoms with Crippen LogP contribution in [0.25, 0.3) is 0 Å². The summed E-state index contributed by atoms with van der Waals surface area (Å²) in [4.78, 5) is 23.2. The molecule has 2 rings (SSSR count). The molecule has 0 fully saturated rings. The van der Waals surface area contributed by atoms with Gasteiger partial charge in [-0.25, -0.2) is 0 Å². The van der Waals surface area contributed by atoms with Crippen LogP contribution in [0.4, 0.5) is 13.2 Å². The Balaban J connectivity index is 2.49. The van der Waals surface area contributed by atoms with Crippen molar-refractivity contribution in [1.29, 1.82) is 0 Å². The minimum atomic E-state index is -4.54. The van der Waals surface area contributed by atoms with Crippen LogP contribution in [0.5, 0.6) is 0 Å². The van der Waals surface area contributed by atoms with Crippen molar-refractivity contribution in [1.82, 2.24) is 0 Å². The molecule has 1 aromatic carbocycles. The van der Waals surface area contributed by atoms with Crippen LogP contribution in [0.15, 0.2) is 18.2 Å². The number of methoxy groups -OCH3 is 1. The maximum atomic E-state index is 12.9. The van der Waals surface area contributed by atoms with Gasteiger partial charge < -0.3 is 4.74 Å². The van der Waals surface area contributed by atoms with Crippen LogP contribution in [0.1, 0.15) is 27.9 Å². The Morgan fingerprint density at radius 2 is 2.00 bits per heavy atom. The number of carbonyl (C=O) groups excluding carboxylic acids is 2. The maximum Gasteiger partial charge on any atom is 0.416 e. The van der Waals surface area contributed by atoms with Gasteiger partial charge in [-0.1, -0.05) is 12.1 Å². The number of hydrogen-bond donors (Lipinski definition) is 0. The van der Waals surface area contributed by atoms with Crippen molar-refractivity contribution >= 4 is 11.8 Å². The molecule has 6 heteroatoms. The molecule has 0 N–H and O–H groups in total. The summed E-state index contributed by atoms with van der Waals surface area (Å²) in [6, 6.07) is 3.49. The van der Waals surface area contributed by atoms with Gasteiger partial charge in [-0.05, 0) is 18.1 Å². The molecule has 19 heavy (non-hydrogen) atoms. The lowest BCUT2D eigenvalue weighted by molar-refractivity contribution is -0.146. The SMILES string of the molecule is COC(=O)C1CC(=O)c2cccc(C(F)(F)F)c2C1. The molecule has 0 radical (unpaired) electrons. The molecule has 0 aromatic heterocycles. The molecule has 1 atom stereocenters. The molecule has 1 aliphatic carbocycles. The summed E-state index contributed by atoms with van der Waals surface area (Å²) in [5.74, 6) is -1.95. The van der Waals surface area contributed by atoms with E-state index in [2.05, 4.69) is 4.74 Å². The Bertz CT molecular complexity index is 534. The number of rotatable bonds is 1. The van der Waals surface area contributed by atoms with Crippen molar-refractivity contribution < 1.29 is 27.5 Å². The number of fused-ring (bicyclic) bond motifs is 1. The molecular weight excluding hydrogens is 261 g/mol. The molecule has 1 unspecified atom stereocenters. The highest BCUT2D eigenvalue weighted by atomic mass is 19.4. The lowest BCUT2D eigenvalue weighted by atomic mass is 9.80. The molecule has 1 aromatic rings. The van der Waals surface area contributed by atoms with Crippen LogP contribution < -0.4 is 0 Å². The average molecular weight is 272 g/mol. The van der Waals surface area contributed by atoms with E-state index in [-0.39, 0.29) is 24.0 Å². The van der Waals surface area contributed by atoms with Gasteiger partial charge in [0.05, 0.1) is 18.6 Å². The smallest absolute Gasteiger partial charge is 0.416 e. The van der Waals surface area contributed by atoms with Crippen LogP contribution in [-0.4, -0.2) is 18.9 Å². The van der Waals surface area contributed by atoms with Crippen LogP contribution in [-0.2, 0) is 22.1 Å². The van der Waals surface area contributed by atoms with E-state index in [0.29, 0.717) is 0 Å². The normalized spacial score (nSPS) is 18.9. The Morgan fingerprint density at radius 1 is 1.32 bits per heavy atom. The predicted octanol–water partition coefficient (Wildman–Crippen LogP) is 2.62. The summed E-state index contributed by atoms with van der Waals surface area (Å²) < 4.78 is 43.2. The lowest BCUT2D eigenvalue weighted by Gasteiger charge is -2.24. The predicted molar refractivity (Wildman–Crippen MR) is 59.6 cm³/mol. The van der Waals surface area contributed by atoms with Gasteiger partial charge in [0.1, 0.15) is 0 Å². The van der Waals surface area contributed by atoms with Crippen LogP contribution in [0, 0.1) is 5.92 Å². The van der Waals surface area contributed by atoms with E-state index in [1.165, 1.54) is 12.1 Å². The lowest BCUT2D eigenvalue weighted by Crippen LogP contribution is -2.29. The van der Waals surface area contributed by atoms with Gasteiger partial charge in [0, 0.05) is 12.0 Å². The summed E-state index contributed by atoms with van der Waals surface area (Å²) >= 11 is 0. The molecule has 1 aliphatic rings. The zero-order chi connectivity index (χ0) is 14.2. The zero-order valence-electron chi connectivity index (χ0n) is 10.1. The summed E-state index contributed by atoms with van der Waals surface area (Å²) in [5, 5.41) is 0. The molecule has 0 bridgehead atoms. The second-order valence-electron chi connectivity index (χ2n) is 4.38.